The zero-order valence-electron chi connectivity index (χ0n) is 13.4. The van der Waals surface area contributed by atoms with Crippen molar-refractivity contribution in [2.75, 3.05) is 19.8 Å². The maximum absolute atomic E-state index is 10.1. The van der Waals surface area contributed by atoms with Crippen LogP contribution in [-0.2, 0) is 9.47 Å². The first-order valence-electron chi connectivity index (χ1n) is 7.85. The van der Waals surface area contributed by atoms with Gasteiger partial charge < -0.3 is 50.3 Å². The van der Waals surface area contributed by atoms with Crippen molar-refractivity contribution < 1.29 is 50.3 Å². The summed E-state index contributed by atoms with van der Waals surface area (Å²) in [6.07, 6.45) is -12.3. The zero-order chi connectivity index (χ0) is 18.4. The molecular weight excluding hydrogens is 328 g/mol. The first-order valence-corrected chi connectivity index (χ1v) is 7.85. The Morgan fingerprint density at radius 2 is 1.62 bits per heavy atom. The molecule has 0 bridgehead atoms. The topological polar surface area (TPSA) is 180 Å². The zero-order valence-corrected chi connectivity index (χ0v) is 13.4. The molecule has 1 aliphatic heterocycles. The van der Waals surface area contributed by atoms with E-state index in [0.717, 1.165) is 0 Å². The molecule has 1 aliphatic rings. The smallest absolute Gasteiger partial charge is 0.186 e. The van der Waals surface area contributed by atoms with Gasteiger partial charge in [-0.3, -0.25) is 0 Å². The minimum Gasteiger partial charge on any atom is -0.396 e. The van der Waals surface area contributed by atoms with Gasteiger partial charge in [0.15, 0.2) is 6.29 Å². The van der Waals surface area contributed by atoms with Gasteiger partial charge in [0.05, 0.1) is 32.0 Å². The highest BCUT2D eigenvalue weighted by atomic mass is 16.7. The molecule has 1 rings (SSSR count). The molecule has 0 saturated carbocycles. The fourth-order valence-electron chi connectivity index (χ4n) is 2.46. The van der Waals surface area contributed by atoms with Gasteiger partial charge in [0.25, 0.3) is 0 Å². The highest BCUT2D eigenvalue weighted by Crippen LogP contribution is 2.24. The fourth-order valence-corrected chi connectivity index (χ4v) is 2.46. The molecule has 1 saturated heterocycles. The molecule has 9 unspecified atom stereocenters. The molecule has 24 heavy (non-hydrogen) atoms. The molecule has 144 valence electrons. The van der Waals surface area contributed by atoms with Crippen LogP contribution in [0.5, 0.6) is 0 Å². The van der Waals surface area contributed by atoms with Crippen LogP contribution in [0.2, 0.25) is 0 Å². The van der Waals surface area contributed by atoms with Gasteiger partial charge >= 0.3 is 0 Å². The number of aliphatic hydroxyl groups excluding tert-OH is 8. The van der Waals surface area contributed by atoms with E-state index < -0.39 is 68.1 Å². The van der Waals surface area contributed by atoms with Crippen LogP contribution in [0.3, 0.4) is 0 Å². The summed E-state index contributed by atoms with van der Waals surface area (Å²) >= 11 is 0. The van der Waals surface area contributed by atoms with E-state index in [0.29, 0.717) is 0 Å². The lowest BCUT2D eigenvalue weighted by Crippen LogP contribution is -2.53. The van der Waals surface area contributed by atoms with Crippen molar-refractivity contribution >= 4 is 0 Å². The number of aliphatic hydroxyl groups is 8. The van der Waals surface area contributed by atoms with Crippen LogP contribution < -0.4 is 0 Å². The van der Waals surface area contributed by atoms with Gasteiger partial charge in [0.2, 0.25) is 0 Å². The van der Waals surface area contributed by atoms with Crippen molar-refractivity contribution in [1.29, 1.82) is 0 Å². The third kappa shape index (κ3) is 5.05. The van der Waals surface area contributed by atoms with E-state index >= 15 is 0 Å². The van der Waals surface area contributed by atoms with E-state index in [9.17, 15) is 30.6 Å². The molecule has 0 radical (unpaired) electrons. The van der Waals surface area contributed by atoms with E-state index in [1.54, 1.807) is 6.92 Å². The summed E-state index contributed by atoms with van der Waals surface area (Å²) in [5.74, 6) is -0.865. The van der Waals surface area contributed by atoms with Gasteiger partial charge in [0.1, 0.15) is 30.5 Å². The normalized spacial score (nSPS) is 36.6. The second-order valence-corrected chi connectivity index (χ2v) is 5.93. The van der Waals surface area contributed by atoms with Gasteiger partial charge in [0, 0.05) is 5.92 Å². The molecule has 0 aromatic rings. The predicted molar refractivity (Wildman–Crippen MR) is 78.6 cm³/mol. The van der Waals surface area contributed by atoms with Crippen LogP contribution in [0, 0.1) is 5.92 Å². The van der Waals surface area contributed by atoms with Crippen LogP contribution in [0.4, 0.5) is 0 Å². The number of ether oxygens (including phenoxy) is 2. The third-order valence-electron chi connectivity index (χ3n) is 4.18. The number of hydrogen-bond acceptors (Lipinski definition) is 10. The quantitative estimate of drug-likeness (QED) is 0.213. The Balaban J connectivity index is 2.91. The van der Waals surface area contributed by atoms with Gasteiger partial charge in [-0.1, -0.05) is 6.92 Å². The molecule has 0 aliphatic carbocycles. The summed E-state index contributed by atoms with van der Waals surface area (Å²) < 4.78 is 10.5. The Kier molecular flexibility index (Phi) is 8.95. The molecule has 8 N–H and O–H groups in total. The lowest BCUT2D eigenvalue weighted by Gasteiger charge is -2.34. The predicted octanol–water partition coefficient (Wildman–Crippen LogP) is -4.10. The van der Waals surface area contributed by atoms with Crippen molar-refractivity contribution in [2.24, 2.45) is 5.92 Å². The molecule has 9 atom stereocenters. The first kappa shape index (κ1) is 21.6. The molecule has 0 aromatic heterocycles. The van der Waals surface area contributed by atoms with Crippen LogP contribution in [0.25, 0.3) is 0 Å². The maximum atomic E-state index is 10.1. The summed E-state index contributed by atoms with van der Waals surface area (Å²) in [6.45, 7) is 0.0347. The number of hydrogen-bond donors (Lipinski definition) is 8. The van der Waals surface area contributed by atoms with Crippen molar-refractivity contribution in [2.45, 2.75) is 62.4 Å². The van der Waals surface area contributed by atoms with Crippen LogP contribution >= 0.6 is 0 Å². The van der Waals surface area contributed by atoms with Crippen molar-refractivity contribution in [3.8, 4) is 0 Å². The second-order valence-electron chi connectivity index (χ2n) is 5.93. The molecule has 1 fully saturated rings. The third-order valence-corrected chi connectivity index (χ3v) is 4.18. The Morgan fingerprint density at radius 1 is 1.00 bits per heavy atom. The highest BCUT2D eigenvalue weighted by molar-refractivity contribution is 4.88. The minimum absolute atomic E-state index is 0.140. The second kappa shape index (κ2) is 9.92. The summed E-state index contributed by atoms with van der Waals surface area (Å²) in [5.41, 5.74) is 0. The molecule has 0 spiro atoms. The SMILES string of the molecule is CCC(O)C(O)C(OC1OCC(CO)C(O)C(O)C1O)C(O)CO. The largest absolute Gasteiger partial charge is 0.396 e. The Morgan fingerprint density at radius 3 is 2.12 bits per heavy atom. The number of rotatable bonds is 8. The van der Waals surface area contributed by atoms with Crippen LogP contribution in [0.1, 0.15) is 13.3 Å². The summed E-state index contributed by atoms with van der Waals surface area (Å²) in [5, 5.41) is 77.6. The Bertz CT molecular complexity index is 356. The average Bonchev–Trinajstić information content (AvgIpc) is 2.69. The van der Waals surface area contributed by atoms with Crippen molar-refractivity contribution in [3.05, 3.63) is 0 Å². The fraction of sp³-hybridized carbons (Fsp3) is 1.00. The maximum Gasteiger partial charge on any atom is 0.186 e. The lowest BCUT2D eigenvalue weighted by molar-refractivity contribution is -0.264. The molecule has 0 amide bonds. The monoisotopic (exact) mass is 356 g/mol. The van der Waals surface area contributed by atoms with E-state index in [1.165, 1.54) is 0 Å². The standard InChI is InChI=1S/C14H28O10/c1-2-7(17)10(20)13(8(18)4-16)24-14-12(22)11(21)9(19)6(3-15)5-23-14/h6-22H,2-5H2,1H3. The van der Waals surface area contributed by atoms with Crippen LogP contribution in [0.15, 0.2) is 0 Å². The van der Waals surface area contributed by atoms with Crippen molar-refractivity contribution in [1.82, 2.24) is 0 Å². The van der Waals surface area contributed by atoms with E-state index in [2.05, 4.69) is 0 Å². The Labute approximate surface area is 139 Å². The molecule has 1 heterocycles. The van der Waals surface area contributed by atoms with Gasteiger partial charge in [-0.05, 0) is 6.42 Å². The molecule has 10 nitrogen and oxygen atoms in total. The van der Waals surface area contributed by atoms with E-state index in [-0.39, 0.29) is 13.0 Å². The summed E-state index contributed by atoms with van der Waals surface area (Å²) in [6, 6.07) is 0. The van der Waals surface area contributed by atoms with Gasteiger partial charge in [-0.25, -0.2) is 0 Å². The van der Waals surface area contributed by atoms with E-state index in [4.69, 9.17) is 19.7 Å². The molecular formula is C14H28O10. The first-order chi connectivity index (χ1) is 11.3. The van der Waals surface area contributed by atoms with Gasteiger partial charge in [-0.15, -0.1) is 0 Å². The average molecular weight is 356 g/mol. The van der Waals surface area contributed by atoms with Crippen LogP contribution in [-0.4, -0.2) is 110 Å². The summed E-state index contributed by atoms with van der Waals surface area (Å²) in [4.78, 5) is 0. The summed E-state index contributed by atoms with van der Waals surface area (Å²) in [7, 11) is 0. The minimum atomic E-state index is -1.74. The molecule has 0 aromatic carbocycles. The highest BCUT2D eigenvalue weighted by Gasteiger charge is 2.43. The van der Waals surface area contributed by atoms with E-state index in [1.807, 2.05) is 0 Å². The molecule has 10 heteroatoms. The Hall–Kier alpha value is -0.400. The van der Waals surface area contributed by atoms with Crippen molar-refractivity contribution in [3.63, 3.8) is 0 Å². The van der Waals surface area contributed by atoms with Gasteiger partial charge in [-0.2, -0.15) is 0 Å². The lowest BCUT2D eigenvalue weighted by atomic mass is 9.97.